The van der Waals surface area contributed by atoms with Crippen molar-refractivity contribution >= 4 is 12.2 Å². The maximum atomic E-state index is 11.8. The molecule has 0 aliphatic rings. The van der Waals surface area contributed by atoms with Gasteiger partial charge in [0.15, 0.2) is 0 Å². The molecule has 4 nitrogen and oxygen atoms in total. The first-order valence-electron chi connectivity index (χ1n) is 4.75. The summed E-state index contributed by atoms with van der Waals surface area (Å²) in [7, 11) is 1.60. The van der Waals surface area contributed by atoms with Gasteiger partial charge in [-0.3, -0.25) is 14.6 Å². The minimum atomic E-state index is -0.481. The number of hydrogen-bond acceptors (Lipinski definition) is 3. The molecular formula is C11H13N2O2. The highest BCUT2D eigenvalue weighted by atomic mass is 16.2. The largest absolute Gasteiger partial charge is 0.331 e. The van der Waals surface area contributed by atoms with E-state index in [1.165, 1.54) is 4.90 Å². The number of nitrogens with zero attached hydrogens (tertiary/aromatic N) is 2. The van der Waals surface area contributed by atoms with Crippen molar-refractivity contribution < 1.29 is 9.59 Å². The van der Waals surface area contributed by atoms with E-state index in [4.69, 9.17) is 0 Å². The zero-order valence-corrected chi connectivity index (χ0v) is 8.80. The molecule has 1 unspecified atom stereocenters. The van der Waals surface area contributed by atoms with E-state index in [9.17, 15) is 9.59 Å². The summed E-state index contributed by atoms with van der Waals surface area (Å²) in [4.78, 5) is 27.6. The van der Waals surface area contributed by atoms with E-state index in [2.05, 4.69) is 4.98 Å². The molecule has 15 heavy (non-hydrogen) atoms. The van der Waals surface area contributed by atoms with Crippen LogP contribution in [0.3, 0.4) is 0 Å². The van der Waals surface area contributed by atoms with E-state index >= 15 is 0 Å². The second-order valence-electron chi connectivity index (χ2n) is 3.19. The van der Waals surface area contributed by atoms with Crippen molar-refractivity contribution in [3.8, 4) is 0 Å². The zero-order chi connectivity index (χ0) is 11.3. The summed E-state index contributed by atoms with van der Waals surface area (Å²) in [5.74, 6) is -0.187. The summed E-state index contributed by atoms with van der Waals surface area (Å²) >= 11 is 0. The fraction of sp³-hybridized carbons (Fsp3) is 0.364. The van der Waals surface area contributed by atoms with Crippen molar-refractivity contribution in [3.05, 3.63) is 30.1 Å². The Hall–Kier alpha value is -1.71. The van der Waals surface area contributed by atoms with Gasteiger partial charge in [-0.05, 0) is 18.6 Å². The Labute approximate surface area is 88.9 Å². The average molecular weight is 205 g/mol. The maximum Gasteiger partial charge on any atom is 0.254 e. The Kier molecular flexibility index (Phi) is 3.97. The van der Waals surface area contributed by atoms with Crippen molar-refractivity contribution in [1.82, 2.24) is 9.88 Å². The third-order valence-corrected chi connectivity index (χ3v) is 2.24. The molecule has 1 atom stereocenters. The van der Waals surface area contributed by atoms with Crippen LogP contribution in [0, 0.1) is 0 Å². The molecule has 1 radical (unpaired) electrons. The normalized spacial score (nSPS) is 11.9. The van der Waals surface area contributed by atoms with E-state index in [0.29, 0.717) is 12.0 Å². The number of amides is 1. The molecule has 0 saturated carbocycles. The molecule has 0 N–H and O–H groups in total. The molecule has 1 aromatic rings. The third kappa shape index (κ3) is 2.62. The SMILES string of the molecule is CCC([C]=O)N(C)C(=O)c1ccncc1. The monoisotopic (exact) mass is 205 g/mol. The van der Waals surface area contributed by atoms with Gasteiger partial charge in [0, 0.05) is 25.0 Å². The van der Waals surface area contributed by atoms with Gasteiger partial charge < -0.3 is 4.90 Å². The van der Waals surface area contributed by atoms with Crippen LogP contribution in [0.1, 0.15) is 23.7 Å². The number of likely N-dealkylation sites (N-methyl/N-ethyl adjacent to an activating group) is 1. The fourth-order valence-electron chi connectivity index (χ4n) is 1.28. The van der Waals surface area contributed by atoms with Crippen LogP contribution in [0.4, 0.5) is 0 Å². The van der Waals surface area contributed by atoms with Gasteiger partial charge in [-0.15, -0.1) is 0 Å². The lowest BCUT2D eigenvalue weighted by Crippen LogP contribution is -2.37. The lowest BCUT2D eigenvalue weighted by atomic mass is 10.2. The first-order valence-corrected chi connectivity index (χ1v) is 4.75. The highest BCUT2D eigenvalue weighted by Crippen LogP contribution is 2.06. The van der Waals surface area contributed by atoms with E-state index in [1.54, 1.807) is 31.6 Å². The molecule has 4 heteroatoms. The summed E-state index contributed by atoms with van der Waals surface area (Å²) in [6, 6.07) is 2.76. The number of rotatable bonds is 4. The van der Waals surface area contributed by atoms with Crippen LogP contribution in [0.15, 0.2) is 24.5 Å². The Balaban J connectivity index is 2.81. The van der Waals surface area contributed by atoms with Gasteiger partial charge in [0.1, 0.15) is 0 Å². The first kappa shape index (κ1) is 11.4. The quantitative estimate of drug-likeness (QED) is 0.738. The zero-order valence-electron chi connectivity index (χ0n) is 8.80. The maximum absolute atomic E-state index is 11.8. The summed E-state index contributed by atoms with van der Waals surface area (Å²) in [5.41, 5.74) is 0.529. The molecule has 0 aromatic carbocycles. The summed E-state index contributed by atoms with van der Waals surface area (Å²) in [6.07, 6.45) is 5.50. The van der Waals surface area contributed by atoms with Crippen molar-refractivity contribution in [3.63, 3.8) is 0 Å². The van der Waals surface area contributed by atoms with Crippen molar-refractivity contribution in [2.45, 2.75) is 19.4 Å². The predicted octanol–water partition coefficient (Wildman–Crippen LogP) is 1.04. The average Bonchev–Trinajstić information content (AvgIpc) is 2.30. The first-order chi connectivity index (χ1) is 7.20. The van der Waals surface area contributed by atoms with Gasteiger partial charge in [-0.1, -0.05) is 6.92 Å². The number of pyridine rings is 1. The number of carbonyl (C=O) groups is 1. The van der Waals surface area contributed by atoms with Gasteiger partial charge in [0.05, 0.1) is 6.04 Å². The van der Waals surface area contributed by atoms with Crippen molar-refractivity contribution in [2.24, 2.45) is 0 Å². The Morgan fingerprint density at radius 3 is 2.60 bits per heavy atom. The smallest absolute Gasteiger partial charge is 0.254 e. The number of aromatic nitrogens is 1. The second kappa shape index (κ2) is 5.24. The van der Waals surface area contributed by atoms with Crippen LogP contribution >= 0.6 is 0 Å². The van der Waals surface area contributed by atoms with Crippen molar-refractivity contribution in [2.75, 3.05) is 7.05 Å². The molecule has 1 heterocycles. The molecule has 0 fully saturated rings. The van der Waals surface area contributed by atoms with Crippen LogP contribution in [-0.2, 0) is 4.79 Å². The molecular weight excluding hydrogens is 192 g/mol. The van der Waals surface area contributed by atoms with Crippen LogP contribution in [0.2, 0.25) is 0 Å². The van der Waals surface area contributed by atoms with Crippen LogP contribution in [0.5, 0.6) is 0 Å². The Bertz CT molecular complexity index is 338. The van der Waals surface area contributed by atoms with Crippen LogP contribution < -0.4 is 0 Å². The molecule has 1 rings (SSSR count). The summed E-state index contributed by atoms with van der Waals surface area (Å²) in [5, 5.41) is 0. The molecule has 0 aliphatic carbocycles. The Morgan fingerprint density at radius 1 is 1.53 bits per heavy atom. The highest BCUT2D eigenvalue weighted by molar-refractivity contribution is 5.95. The van der Waals surface area contributed by atoms with Gasteiger partial charge >= 0.3 is 0 Å². The predicted molar refractivity (Wildman–Crippen MR) is 56.1 cm³/mol. The van der Waals surface area contributed by atoms with Gasteiger partial charge in [0.2, 0.25) is 6.29 Å². The molecule has 1 aromatic heterocycles. The van der Waals surface area contributed by atoms with Crippen LogP contribution in [-0.4, -0.2) is 35.2 Å². The van der Waals surface area contributed by atoms with Crippen molar-refractivity contribution in [1.29, 1.82) is 0 Å². The van der Waals surface area contributed by atoms with Crippen LogP contribution in [0.25, 0.3) is 0 Å². The second-order valence-corrected chi connectivity index (χ2v) is 3.19. The molecule has 0 spiro atoms. The highest BCUT2D eigenvalue weighted by Gasteiger charge is 2.19. The summed E-state index contributed by atoms with van der Waals surface area (Å²) < 4.78 is 0. The molecule has 0 saturated heterocycles. The molecule has 1 amide bonds. The van der Waals surface area contributed by atoms with Gasteiger partial charge in [0.25, 0.3) is 5.91 Å². The fourth-order valence-corrected chi connectivity index (χ4v) is 1.28. The standard InChI is InChI=1S/C11H13N2O2/c1-3-10(8-14)13(2)11(15)9-4-6-12-7-5-9/h4-7,10H,3H2,1-2H3. The minimum Gasteiger partial charge on any atom is -0.331 e. The molecule has 79 valence electrons. The lowest BCUT2D eigenvalue weighted by Gasteiger charge is -2.21. The van der Waals surface area contributed by atoms with Gasteiger partial charge in [-0.25, -0.2) is 0 Å². The molecule has 0 aliphatic heterocycles. The van der Waals surface area contributed by atoms with Gasteiger partial charge in [-0.2, -0.15) is 0 Å². The number of carbonyl (C=O) groups excluding carboxylic acids is 2. The Morgan fingerprint density at radius 2 is 2.13 bits per heavy atom. The van der Waals surface area contributed by atoms with E-state index < -0.39 is 6.04 Å². The van der Waals surface area contributed by atoms with E-state index in [0.717, 1.165) is 0 Å². The molecule has 0 bridgehead atoms. The number of hydrogen-bond donors (Lipinski definition) is 0. The lowest BCUT2D eigenvalue weighted by molar-refractivity contribution is 0.0766. The third-order valence-electron chi connectivity index (χ3n) is 2.24. The van der Waals surface area contributed by atoms with E-state index in [1.807, 2.05) is 13.2 Å². The topological polar surface area (TPSA) is 50.3 Å². The minimum absolute atomic E-state index is 0.187. The van der Waals surface area contributed by atoms with E-state index in [-0.39, 0.29) is 5.91 Å². The summed E-state index contributed by atoms with van der Waals surface area (Å²) in [6.45, 7) is 1.84.